The second kappa shape index (κ2) is 11.0. The van der Waals surface area contributed by atoms with Crippen molar-refractivity contribution in [2.45, 2.75) is 98.9 Å². The fourth-order valence-corrected chi connectivity index (χ4v) is 3.98. The first-order valence-corrected chi connectivity index (χ1v) is 10.6. The molecule has 33 heavy (non-hydrogen) atoms. The van der Waals surface area contributed by atoms with E-state index in [0.717, 1.165) is 0 Å². The fraction of sp³-hybridized carbons (Fsp3) is 1.00. The minimum Gasteiger partial charge on any atom is -0.394 e. The first-order chi connectivity index (χ1) is 15.5. The van der Waals surface area contributed by atoms with Gasteiger partial charge in [-0.2, -0.15) is 0 Å². The first-order valence-electron chi connectivity index (χ1n) is 10.6. The van der Waals surface area contributed by atoms with Gasteiger partial charge in [0, 0.05) is 0 Å². The molecule has 194 valence electrons. The Hall–Kier alpha value is -0.600. The largest absolute Gasteiger partial charge is 0.394 e. The van der Waals surface area contributed by atoms with Gasteiger partial charge >= 0.3 is 0 Å². The van der Waals surface area contributed by atoms with Gasteiger partial charge in [0.05, 0.1) is 31.4 Å². The number of nitrogens with two attached hydrogens (primary N) is 2. The lowest BCUT2D eigenvalue weighted by atomic mass is 9.95. The Labute approximate surface area is 189 Å². The molecule has 0 bridgehead atoms. The van der Waals surface area contributed by atoms with Gasteiger partial charge in [-0.1, -0.05) is 0 Å². The number of aliphatic hydroxyl groups excluding tert-OH is 8. The number of aliphatic hydroxyl groups is 8. The SMILES string of the molecule is C[C@@H]1O[C@@H](OC[C@H]2OC(O)[C@H](N)[C@@H](O)[C@@H]2O[C@@H]2O[C@H](CO)[C@@H](O)[C@H](O)[C@H]2N)[C@@H](O)[C@H](O)[C@@H]1O. The molecule has 3 rings (SSSR count). The molecule has 0 aliphatic carbocycles. The third-order valence-electron chi connectivity index (χ3n) is 6.19. The zero-order valence-electron chi connectivity index (χ0n) is 17.8. The van der Waals surface area contributed by atoms with E-state index < -0.39 is 105 Å². The second-order valence-corrected chi connectivity index (χ2v) is 8.53. The summed E-state index contributed by atoms with van der Waals surface area (Å²) in [5, 5.41) is 79.9. The van der Waals surface area contributed by atoms with Crippen LogP contribution in [-0.2, 0) is 23.7 Å². The first kappa shape index (κ1) is 27.0. The average molecular weight is 486 g/mol. The lowest BCUT2D eigenvalue weighted by Crippen LogP contribution is -2.67. The van der Waals surface area contributed by atoms with Crippen molar-refractivity contribution in [3.63, 3.8) is 0 Å². The summed E-state index contributed by atoms with van der Waals surface area (Å²) >= 11 is 0. The molecule has 0 aromatic heterocycles. The number of rotatable bonds is 6. The van der Waals surface area contributed by atoms with Crippen LogP contribution in [0.25, 0.3) is 0 Å². The summed E-state index contributed by atoms with van der Waals surface area (Å²) in [6.07, 6.45) is -18.1. The van der Waals surface area contributed by atoms with E-state index in [0.29, 0.717) is 0 Å². The molecule has 3 saturated heterocycles. The van der Waals surface area contributed by atoms with Crippen molar-refractivity contribution < 1.29 is 64.5 Å². The van der Waals surface area contributed by atoms with Crippen LogP contribution in [0.4, 0.5) is 0 Å². The third kappa shape index (κ3) is 5.48. The highest BCUT2D eigenvalue weighted by Crippen LogP contribution is 2.29. The van der Waals surface area contributed by atoms with Crippen LogP contribution in [0.5, 0.6) is 0 Å². The summed E-state index contributed by atoms with van der Waals surface area (Å²) in [5.41, 5.74) is 11.6. The van der Waals surface area contributed by atoms with Crippen LogP contribution in [0.3, 0.4) is 0 Å². The minimum absolute atomic E-state index is 0.445. The third-order valence-corrected chi connectivity index (χ3v) is 6.19. The van der Waals surface area contributed by atoms with Gasteiger partial charge in [-0.15, -0.1) is 0 Å². The quantitative estimate of drug-likeness (QED) is 0.167. The van der Waals surface area contributed by atoms with E-state index in [4.69, 9.17) is 35.2 Å². The van der Waals surface area contributed by atoms with Gasteiger partial charge in [0.1, 0.15) is 54.9 Å². The Morgan fingerprint density at radius 3 is 2.00 bits per heavy atom. The summed E-state index contributed by atoms with van der Waals surface area (Å²) < 4.78 is 27.3. The zero-order valence-corrected chi connectivity index (χ0v) is 17.8. The van der Waals surface area contributed by atoms with Gasteiger partial charge in [-0.05, 0) is 6.92 Å². The molecule has 3 aliphatic rings. The standard InChI is InChI=1S/C18H34N2O13/c1-4-9(22)13(26)14(27)18(30-4)29-3-6-15(12(25)7(19)16(28)31-6)33-17-8(20)11(24)10(23)5(2-21)32-17/h4-18,21-28H,2-3,19-20H2,1H3/t4-,5+,6+,7+,8+,9+,10+,11+,12+,13+,14-,15+,16?,17-,18+/m0/s1. The lowest BCUT2D eigenvalue weighted by Gasteiger charge is -2.46. The van der Waals surface area contributed by atoms with Crippen molar-refractivity contribution in [2.75, 3.05) is 13.2 Å². The maximum absolute atomic E-state index is 10.6. The van der Waals surface area contributed by atoms with Crippen LogP contribution in [-0.4, -0.2) is 146 Å². The normalized spacial score (nSPS) is 53.7. The van der Waals surface area contributed by atoms with Gasteiger partial charge in [0.2, 0.25) is 0 Å². The monoisotopic (exact) mass is 486 g/mol. The highest BCUT2D eigenvalue weighted by Gasteiger charge is 2.50. The van der Waals surface area contributed by atoms with Gasteiger partial charge in [-0.3, -0.25) is 0 Å². The van der Waals surface area contributed by atoms with Crippen LogP contribution in [0.1, 0.15) is 6.92 Å². The molecule has 0 aromatic carbocycles. The predicted molar refractivity (Wildman–Crippen MR) is 104 cm³/mol. The van der Waals surface area contributed by atoms with Crippen molar-refractivity contribution in [2.24, 2.45) is 11.5 Å². The maximum Gasteiger partial charge on any atom is 0.186 e. The maximum atomic E-state index is 10.6. The minimum atomic E-state index is -1.62. The molecule has 3 fully saturated rings. The molecular weight excluding hydrogens is 452 g/mol. The molecule has 15 heteroatoms. The molecule has 0 aromatic rings. The lowest BCUT2D eigenvalue weighted by molar-refractivity contribution is -0.338. The molecular formula is C18H34N2O13. The topological polar surface area (TPSA) is 260 Å². The Morgan fingerprint density at radius 1 is 0.697 bits per heavy atom. The number of hydrogen-bond donors (Lipinski definition) is 10. The van der Waals surface area contributed by atoms with Crippen LogP contribution in [0.2, 0.25) is 0 Å². The molecule has 0 spiro atoms. The Kier molecular flexibility index (Phi) is 8.99. The van der Waals surface area contributed by atoms with E-state index in [2.05, 4.69) is 0 Å². The molecule has 3 aliphatic heterocycles. The summed E-state index contributed by atoms with van der Waals surface area (Å²) in [7, 11) is 0. The molecule has 15 atom stereocenters. The van der Waals surface area contributed by atoms with Gasteiger partial charge in [-0.25, -0.2) is 0 Å². The molecule has 1 unspecified atom stereocenters. The summed E-state index contributed by atoms with van der Waals surface area (Å²) in [6.45, 7) is 0.368. The highest BCUT2D eigenvalue weighted by molar-refractivity contribution is 4.96. The molecule has 12 N–H and O–H groups in total. The molecule has 3 heterocycles. The summed E-state index contributed by atoms with van der Waals surface area (Å²) in [6, 6.07) is -2.58. The van der Waals surface area contributed by atoms with Gasteiger partial charge in [0.25, 0.3) is 0 Å². The average Bonchev–Trinajstić information content (AvgIpc) is 2.79. The molecule has 0 radical (unpaired) electrons. The van der Waals surface area contributed by atoms with Crippen molar-refractivity contribution in [3.8, 4) is 0 Å². The Morgan fingerprint density at radius 2 is 1.36 bits per heavy atom. The van der Waals surface area contributed by atoms with E-state index in [1.54, 1.807) is 0 Å². The van der Waals surface area contributed by atoms with E-state index in [1.165, 1.54) is 6.92 Å². The second-order valence-electron chi connectivity index (χ2n) is 8.53. The van der Waals surface area contributed by atoms with Crippen molar-refractivity contribution in [1.29, 1.82) is 0 Å². The smallest absolute Gasteiger partial charge is 0.186 e. The molecule has 0 amide bonds. The Bertz CT molecular complexity index is 632. The number of hydrogen-bond acceptors (Lipinski definition) is 15. The zero-order chi connectivity index (χ0) is 24.6. The van der Waals surface area contributed by atoms with Crippen molar-refractivity contribution in [1.82, 2.24) is 0 Å². The predicted octanol–water partition coefficient (Wildman–Crippen LogP) is -6.61. The van der Waals surface area contributed by atoms with E-state index in [1.807, 2.05) is 0 Å². The van der Waals surface area contributed by atoms with Gasteiger partial charge < -0.3 is 76.0 Å². The molecule has 0 saturated carbocycles. The van der Waals surface area contributed by atoms with E-state index >= 15 is 0 Å². The van der Waals surface area contributed by atoms with E-state index in [-0.39, 0.29) is 0 Å². The summed E-state index contributed by atoms with van der Waals surface area (Å²) in [5.74, 6) is 0. The number of ether oxygens (including phenoxy) is 5. The van der Waals surface area contributed by atoms with Crippen LogP contribution in [0.15, 0.2) is 0 Å². The van der Waals surface area contributed by atoms with Crippen molar-refractivity contribution >= 4 is 0 Å². The highest BCUT2D eigenvalue weighted by atomic mass is 16.7. The molecule has 15 nitrogen and oxygen atoms in total. The fourth-order valence-electron chi connectivity index (χ4n) is 3.98. The van der Waals surface area contributed by atoms with Crippen LogP contribution in [0, 0.1) is 0 Å². The van der Waals surface area contributed by atoms with Crippen LogP contribution < -0.4 is 11.5 Å². The van der Waals surface area contributed by atoms with Crippen LogP contribution >= 0.6 is 0 Å². The summed E-state index contributed by atoms with van der Waals surface area (Å²) in [4.78, 5) is 0. The Balaban J connectivity index is 1.71. The van der Waals surface area contributed by atoms with Gasteiger partial charge in [0.15, 0.2) is 18.9 Å². The van der Waals surface area contributed by atoms with Crippen molar-refractivity contribution in [3.05, 3.63) is 0 Å². The van der Waals surface area contributed by atoms with E-state index in [9.17, 15) is 40.9 Å².